The molecule has 1 saturated heterocycles. The number of nitrogens with one attached hydrogen (secondary N) is 1. The van der Waals surface area contributed by atoms with E-state index in [-0.39, 0.29) is 18.2 Å². The number of hydrogen-bond donors (Lipinski definition) is 1. The summed E-state index contributed by atoms with van der Waals surface area (Å²) >= 11 is 3.47. The molecule has 2 aromatic carbocycles. The number of carbonyl (C=O) groups is 2. The van der Waals surface area contributed by atoms with Gasteiger partial charge in [-0.25, -0.2) is 4.68 Å². The van der Waals surface area contributed by atoms with Crippen molar-refractivity contribution in [2.24, 2.45) is 5.92 Å². The van der Waals surface area contributed by atoms with E-state index in [1.807, 2.05) is 43.3 Å². The Morgan fingerprint density at radius 3 is 2.75 bits per heavy atom. The van der Waals surface area contributed by atoms with Crippen LogP contribution in [0.3, 0.4) is 0 Å². The fourth-order valence-corrected chi connectivity index (χ4v) is 3.79. The van der Waals surface area contributed by atoms with Crippen LogP contribution in [-0.2, 0) is 9.59 Å². The zero-order valence-corrected chi connectivity index (χ0v) is 16.6. The van der Waals surface area contributed by atoms with Gasteiger partial charge in [0.15, 0.2) is 0 Å². The van der Waals surface area contributed by atoms with Crippen molar-refractivity contribution in [1.82, 2.24) is 20.2 Å². The van der Waals surface area contributed by atoms with Gasteiger partial charge in [0, 0.05) is 23.1 Å². The summed E-state index contributed by atoms with van der Waals surface area (Å²) in [6.45, 7) is 2.27. The summed E-state index contributed by atoms with van der Waals surface area (Å²) in [5, 5.41) is 14.1. The van der Waals surface area contributed by atoms with E-state index >= 15 is 0 Å². The maximum absolute atomic E-state index is 12.7. The molecule has 1 aliphatic rings. The lowest BCUT2D eigenvalue weighted by molar-refractivity contribution is -0.122. The monoisotopic (exact) mass is 440 g/mol. The second-order valence-electron chi connectivity index (χ2n) is 6.60. The van der Waals surface area contributed by atoms with Crippen LogP contribution in [0.25, 0.3) is 5.69 Å². The number of halogens is 1. The lowest BCUT2D eigenvalue weighted by Crippen LogP contribution is -2.28. The average molecular weight is 441 g/mol. The third kappa shape index (κ3) is 3.53. The molecule has 2 amide bonds. The van der Waals surface area contributed by atoms with Crippen LogP contribution in [0.1, 0.15) is 12.0 Å². The van der Waals surface area contributed by atoms with Crippen LogP contribution < -0.4 is 10.2 Å². The van der Waals surface area contributed by atoms with Crippen LogP contribution in [0.2, 0.25) is 0 Å². The number of carbonyl (C=O) groups excluding carboxylic acids is 2. The summed E-state index contributed by atoms with van der Waals surface area (Å²) in [7, 11) is 0. The van der Waals surface area contributed by atoms with Crippen molar-refractivity contribution >= 4 is 39.1 Å². The first-order chi connectivity index (χ1) is 13.5. The van der Waals surface area contributed by atoms with Gasteiger partial charge in [0.25, 0.3) is 0 Å². The molecule has 0 bridgehead atoms. The van der Waals surface area contributed by atoms with Crippen molar-refractivity contribution in [2.75, 3.05) is 16.8 Å². The van der Waals surface area contributed by atoms with Crippen molar-refractivity contribution in [3.63, 3.8) is 0 Å². The largest absolute Gasteiger partial charge is 0.326 e. The van der Waals surface area contributed by atoms with Crippen LogP contribution in [-0.4, -0.2) is 38.6 Å². The molecule has 2 heterocycles. The molecule has 1 aromatic heterocycles. The van der Waals surface area contributed by atoms with Gasteiger partial charge in [-0.15, -0.1) is 5.10 Å². The third-order valence-corrected chi connectivity index (χ3v) is 5.37. The molecule has 1 fully saturated rings. The molecule has 28 heavy (non-hydrogen) atoms. The van der Waals surface area contributed by atoms with Crippen LogP contribution in [0.5, 0.6) is 0 Å². The lowest BCUT2D eigenvalue weighted by Gasteiger charge is -2.18. The number of para-hydroxylation sites is 1. The van der Waals surface area contributed by atoms with E-state index in [2.05, 4.69) is 36.8 Å². The van der Waals surface area contributed by atoms with Crippen LogP contribution in [0, 0.1) is 12.8 Å². The first-order valence-corrected chi connectivity index (χ1v) is 9.52. The van der Waals surface area contributed by atoms with Gasteiger partial charge in [-0.2, -0.15) is 0 Å². The smallest absolute Gasteiger partial charge is 0.229 e. The Labute approximate surface area is 169 Å². The van der Waals surface area contributed by atoms with E-state index < -0.39 is 5.92 Å². The highest BCUT2D eigenvalue weighted by atomic mass is 79.9. The van der Waals surface area contributed by atoms with E-state index in [9.17, 15) is 9.59 Å². The minimum atomic E-state index is -0.404. The van der Waals surface area contributed by atoms with E-state index in [4.69, 9.17) is 0 Å². The Morgan fingerprint density at radius 1 is 1.21 bits per heavy atom. The minimum Gasteiger partial charge on any atom is -0.326 e. The first-order valence-electron chi connectivity index (χ1n) is 8.72. The zero-order valence-electron chi connectivity index (χ0n) is 15.0. The molecule has 0 aliphatic carbocycles. The molecule has 1 aliphatic heterocycles. The molecule has 1 N–H and O–H groups in total. The van der Waals surface area contributed by atoms with E-state index in [1.165, 1.54) is 6.33 Å². The number of aryl methyl sites for hydroxylation is 1. The van der Waals surface area contributed by atoms with Crippen molar-refractivity contribution in [3.05, 3.63) is 58.8 Å². The summed E-state index contributed by atoms with van der Waals surface area (Å²) in [4.78, 5) is 26.8. The highest BCUT2D eigenvalue weighted by Crippen LogP contribution is 2.31. The van der Waals surface area contributed by atoms with Crippen molar-refractivity contribution in [2.45, 2.75) is 13.3 Å². The van der Waals surface area contributed by atoms with Gasteiger partial charge < -0.3 is 10.2 Å². The third-order valence-electron chi connectivity index (χ3n) is 4.70. The lowest BCUT2D eigenvalue weighted by atomic mass is 10.1. The molecule has 1 atom stereocenters. The quantitative estimate of drug-likeness (QED) is 0.672. The summed E-state index contributed by atoms with van der Waals surface area (Å²) in [5.41, 5.74) is 3.21. The van der Waals surface area contributed by atoms with Gasteiger partial charge in [-0.3, -0.25) is 9.59 Å². The normalized spacial score (nSPS) is 16.4. The topological polar surface area (TPSA) is 93.0 Å². The summed E-state index contributed by atoms with van der Waals surface area (Å²) in [6, 6.07) is 13.0. The van der Waals surface area contributed by atoms with Gasteiger partial charge in [-0.1, -0.05) is 12.1 Å². The summed E-state index contributed by atoms with van der Waals surface area (Å²) in [6.07, 6.45) is 1.70. The minimum absolute atomic E-state index is 0.0581. The number of nitrogens with zero attached hydrogens (tertiary/aromatic N) is 5. The number of rotatable bonds is 4. The number of anilines is 2. The predicted molar refractivity (Wildman–Crippen MR) is 107 cm³/mol. The van der Waals surface area contributed by atoms with E-state index in [1.54, 1.807) is 15.6 Å². The zero-order chi connectivity index (χ0) is 19.7. The Bertz CT molecular complexity index is 1040. The fourth-order valence-electron chi connectivity index (χ4n) is 3.29. The molecule has 0 spiro atoms. The molecule has 4 rings (SSSR count). The molecule has 3 aromatic rings. The van der Waals surface area contributed by atoms with Crippen LogP contribution in [0.15, 0.2) is 53.3 Å². The van der Waals surface area contributed by atoms with Gasteiger partial charge >= 0.3 is 0 Å². The summed E-state index contributed by atoms with van der Waals surface area (Å²) < 4.78 is 2.39. The maximum atomic E-state index is 12.7. The molecular weight excluding hydrogens is 424 g/mol. The molecule has 8 nitrogen and oxygen atoms in total. The van der Waals surface area contributed by atoms with Gasteiger partial charge in [0.2, 0.25) is 11.8 Å². The summed E-state index contributed by atoms with van der Waals surface area (Å²) in [5.74, 6) is -0.631. The Balaban J connectivity index is 1.47. The number of hydrogen-bond acceptors (Lipinski definition) is 5. The average Bonchev–Trinajstić information content (AvgIpc) is 3.32. The van der Waals surface area contributed by atoms with E-state index in [0.29, 0.717) is 12.2 Å². The van der Waals surface area contributed by atoms with Crippen molar-refractivity contribution in [3.8, 4) is 5.69 Å². The van der Waals surface area contributed by atoms with Crippen molar-refractivity contribution < 1.29 is 9.59 Å². The van der Waals surface area contributed by atoms with E-state index in [0.717, 1.165) is 21.4 Å². The maximum Gasteiger partial charge on any atom is 0.229 e. The molecular formula is C19H17BrN6O2. The number of amides is 2. The predicted octanol–water partition coefficient (Wildman–Crippen LogP) is 2.72. The Morgan fingerprint density at radius 2 is 2.04 bits per heavy atom. The Kier molecular flexibility index (Phi) is 4.91. The molecule has 9 heteroatoms. The number of benzene rings is 2. The molecule has 1 unspecified atom stereocenters. The Hall–Kier alpha value is -3.07. The highest BCUT2D eigenvalue weighted by Gasteiger charge is 2.35. The molecule has 0 radical (unpaired) electrons. The second kappa shape index (κ2) is 7.51. The standard InChI is InChI=1S/C19H17BrN6O2/c1-12-8-14(6-7-16(12)26-11-21-23-24-26)22-19(28)13-9-18(27)25(10-13)17-5-3-2-4-15(17)20/h2-8,11,13H,9-10H2,1H3,(H,22,28). The van der Waals surface area contributed by atoms with Gasteiger partial charge in [0.1, 0.15) is 6.33 Å². The van der Waals surface area contributed by atoms with Crippen LogP contribution >= 0.6 is 15.9 Å². The van der Waals surface area contributed by atoms with Crippen LogP contribution in [0.4, 0.5) is 11.4 Å². The second-order valence-corrected chi connectivity index (χ2v) is 7.46. The highest BCUT2D eigenvalue weighted by molar-refractivity contribution is 9.10. The molecule has 142 valence electrons. The fraction of sp³-hybridized carbons (Fsp3) is 0.211. The van der Waals surface area contributed by atoms with Gasteiger partial charge in [0.05, 0.1) is 17.3 Å². The van der Waals surface area contributed by atoms with Gasteiger partial charge in [-0.05, 0) is 69.2 Å². The first kappa shape index (κ1) is 18.3. The SMILES string of the molecule is Cc1cc(NC(=O)C2CC(=O)N(c3ccccc3Br)C2)ccc1-n1cnnn1. The molecule has 0 saturated carbocycles. The van der Waals surface area contributed by atoms with Crippen molar-refractivity contribution in [1.29, 1.82) is 0 Å². The number of tetrazole rings is 1. The number of aromatic nitrogens is 4.